The van der Waals surface area contributed by atoms with Gasteiger partial charge < -0.3 is 14.5 Å². The molecule has 2 aromatic carbocycles. The standard InChI is InChI=1S/C20H19NO3/c1-14-7-6-8-15(2)19(14)21-20(22)18-12-11-17(24-18)13-23-16-9-4-3-5-10-16/h3-12H,13H2,1-2H3,(H,21,22). The normalized spacial score (nSPS) is 10.4. The minimum Gasteiger partial charge on any atom is -0.486 e. The lowest BCUT2D eigenvalue weighted by atomic mass is 10.1. The Kier molecular flexibility index (Phi) is 4.66. The summed E-state index contributed by atoms with van der Waals surface area (Å²) in [6.45, 7) is 4.20. The van der Waals surface area contributed by atoms with Crippen LogP contribution < -0.4 is 10.1 Å². The maximum Gasteiger partial charge on any atom is 0.291 e. The van der Waals surface area contributed by atoms with E-state index in [1.165, 1.54) is 0 Å². The van der Waals surface area contributed by atoms with Crippen LogP contribution in [0.4, 0.5) is 5.69 Å². The van der Waals surface area contributed by atoms with Crippen molar-refractivity contribution >= 4 is 11.6 Å². The average Bonchev–Trinajstić information content (AvgIpc) is 3.06. The number of amides is 1. The first-order chi connectivity index (χ1) is 11.6. The van der Waals surface area contributed by atoms with Crippen molar-refractivity contribution < 1.29 is 13.9 Å². The van der Waals surface area contributed by atoms with Gasteiger partial charge in [0, 0.05) is 5.69 Å². The molecule has 4 heteroatoms. The predicted octanol–water partition coefficient (Wildman–Crippen LogP) is 4.73. The van der Waals surface area contributed by atoms with Crippen LogP contribution in [0.1, 0.15) is 27.4 Å². The number of anilines is 1. The van der Waals surface area contributed by atoms with Crippen molar-refractivity contribution in [3.05, 3.63) is 83.3 Å². The zero-order valence-electron chi connectivity index (χ0n) is 13.7. The van der Waals surface area contributed by atoms with Gasteiger partial charge in [-0.15, -0.1) is 0 Å². The molecule has 0 saturated heterocycles. The fraction of sp³-hybridized carbons (Fsp3) is 0.150. The van der Waals surface area contributed by atoms with Crippen LogP contribution >= 0.6 is 0 Å². The molecule has 3 aromatic rings. The molecule has 122 valence electrons. The number of nitrogens with one attached hydrogen (secondary N) is 1. The van der Waals surface area contributed by atoms with E-state index in [4.69, 9.17) is 9.15 Å². The zero-order valence-corrected chi connectivity index (χ0v) is 13.7. The Bertz CT molecular complexity index is 817. The molecule has 0 radical (unpaired) electrons. The van der Waals surface area contributed by atoms with Crippen LogP contribution in [0.5, 0.6) is 5.75 Å². The maximum absolute atomic E-state index is 12.4. The SMILES string of the molecule is Cc1cccc(C)c1NC(=O)c1ccc(COc2ccccc2)o1. The molecular weight excluding hydrogens is 302 g/mol. The molecule has 0 aliphatic heterocycles. The molecule has 24 heavy (non-hydrogen) atoms. The van der Waals surface area contributed by atoms with Crippen molar-refractivity contribution in [3.8, 4) is 5.75 Å². The summed E-state index contributed by atoms with van der Waals surface area (Å²) in [5.41, 5.74) is 2.85. The van der Waals surface area contributed by atoms with E-state index in [0.29, 0.717) is 5.76 Å². The van der Waals surface area contributed by atoms with Crippen molar-refractivity contribution in [1.29, 1.82) is 0 Å². The van der Waals surface area contributed by atoms with Crippen molar-refractivity contribution in [2.24, 2.45) is 0 Å². The van der Waals surface area contributed by atoms with Crippen LogP contribution in [0, 0.1) is 13.8 Å². The summed E-state index contributed by atoms with van der Waals surface area (Å²) in [4.78, 5) is 12.4. The Morgan fingerprint density at radius 2 is 1.67 bits per heavy atom. The quantitative estimate of drug-likeness (QED) is 0.739. The number of hydrogen-bond acceptors (Lipinski definition) is 3. The first kappa shape index (κ1) is 15.9. The summed E-state index contributed by atoms with van der Waals surface area (Å²) < 4.78 is 11.2. The molecule has 1 amide bonds. The molecule has 1 heterocycles. The van der Waals surface area contributed by atoms with Gasteiger partial charge in [-0.3, -0.25) is 4.79 Å². The van der Waals surface area contributed by atoms with Crippen LogP contribution in [-0.4, -0.2) is 5.91 Å². The molecule has 0 atom stereocenters. The highest BCUT2D eigenvalue weighted by molar-refractivity contribution is 6.03. The van der Waals surface area contributed by atoms with E-state index in [-0.39, 0.29) is 18.3 Å². The number of carbonyl (C=O) groups excluding carboxylic acids is 1. The molecule has 4 nitrogen and oxygen atoms in total. The zero-order chi connectivity index (χ0) is 16.9. The third kappa shape index (κ3) is 3.66. The Morgan fingerprint density at radius 1 is 0.958 bits per heavy atom. The minimum atomic E-state index is -0.265. The van der Waals surface area contributed by atoms with Crippen molar-refractivity contribution in [2.75, 3.05) is 5.32 Å². The van der Waals surface area contributed by atoms with E-state index in [1.807, 2.05) is 62.4 Å². The average molecular weight is 321 g/mol. The van der Waals surface area contributed by atoms with Gasteiger partial charge in [0.05, 0.1) is 0 Å². The van der Waals surface area contributed by atoms with Gasteiger partial charge in [0.1, 0.15) is 18.1 Å². The molecule has 3 rings (SSSR count). The van der Waals surface area contributed by atoms with Gasteiger partial charge >= 0.3 is 0 Å². The summed E-state index contributed by atoms with van der Waals surface area (Å²) in [7, 11) is 0. The van der Waals surface area contributed by atoms with Gasteiger partial charge in [-0.25, -0.2) is 0 Å². The Balaban J connectivity index is 1.65. The van der Waals surface area contributed by atoms with E-state index in [2.05, 4.69) is 5.32 Å². The summed E-state index contributed by atoms with van der Waals surface area (Å²) in [6, 6.07) is 18.8. The molecule has 0 unspecified atom stereocenters. The lowest BCUT2D eigenvalue weighted by Gasteiger charge is -2.10. The van der Waals surface area contributed by atoms with E-state index in [9.17, 15) is 4.79 Å². The number of ether oxygens (including phenoxy) is 1. The molecule has 0 fully saturated rings. The number of para-hydroxylation sites is 2. The molecule has 0 bridgehead atoms. The second-order valence-corrected chi connectivity index (χ2v) is 5.59. The third-order valence-electron chi connectivity index (χ3n) is 3.73. The summed E-state index contributed by atoms with van der Waals surface area (Å²) in [6.07, 6.45) is 0. The smallest absolute Gasteiger partial charge is 0.291 e. The number of hydrogen-bond donors (Lipinski definition) is 1. The Labute approximate surface area is 141 Å². The van der Waals surface area contributed by atoms with Gasteiger partial charge in [-0.2, -0.15) is 0 Å². The van der Waals surface area contributed by atoms with Crippen molar-refractivity contribution in [3.63, 3.8) is 0 Å². The topological polar surface area (TPSA) is 51.5 Å². The van der Waals surface area contributed by atoms with E-state index >= 15 is 0 Å². The molecule has 0 spiro atoms. The second kappa shape index (κ2) is 7.04. The van der Waals surface area contributed by atoms with E-state index < -0.39 is 0 Å². The molecule has 1 N–H and O–H groups in total. The van der Waals surface area contributed by atoms with Gasteiger partial charge in [0.25, 0.3) is 5.91 Å². The van der Waals surface area contributed by atoms with E-state index in [0.717, 1.165) is 22.6 Å². The molecule has 1 aromatic heterocycles. The molecule has 0 aliphatic rings. The summed E-state index contributed by atoms with van der Waals surface area (Å²) in [5.74, 6) is 1.36. The predicted molar refractivity (Wildman–Crippen MR) is 93.4 cm³/mol. The van der Waals surface area contributed by atoms with Crippen LogP contribution in [-0.2, 0) is 6.61 Å². The summed E-state index contributed by atoms with van der Waals surface area (Å²) >= 11 is 0. The monoisotopic (exact) mass is 321 g/mol. The van der Waals surface area contributed by atoms with Crippen molar-refractivity contribution in [2.45, 2.75) is 20.5 Å². The molecule has 0 aliphatic carbocycles. The van der Waals surface area contributed by atoms with E-state index in [1.54, 1.807) is 12.1 Å². The van der Waals surface area contributed by atoms with Crippen LogP contribution in [0.15, 0.2) is 65.1 Å². The summed E-state index contributed by atoms with van der Waals surface area (Å²) in [5, 5.41) is 2.91. The second-order valence-electron chi connectivity index (χ2n) is 5.59. The highest BCUT2D eigenvalue weighted by Crippen LogP contribution is 2.21. The largest absolute Gasteiger partial charge is 0.486 e. The maximum atomic E-state index is 12.4. The minimum absolute atomic E-state index is 0.265. The van der Waals surface area contributed by atoms with Gasteiger partial charge in [-0.05, 0) is 49.2 Å². The van der Waals surface area contributed by atoms with Gasteiger partial charge in [-0.1, -0.05) is 36.4 Å². The highest BCUT2D eigenvalue weighted by atomic mass is 16.5. The molecule has 0 saturated carbocycles. The van der Waals surface area contributed by atoms with Gasteiger partial charge in [0.2, 0.25) is 0 Å². The fourth-order valence-electron chi connectivity index (χ4n) is 2.44. The Hall–Kier alpha value is -3.01. The highest BCUT2D eigenvalue weighted by Gasteiger charge is 2.14. The molecular formula is C20H19NO3. The van der Waals surface area contributed by atoms with Crippen LogP contribution in [0.3, 0.4) is 0 Å². The first-order valence-electron chi connectivity index (χ1n) is 7.77. The number of furan rings is 1. The Morgan fingerprint density at radius 3 is 2.38 bits per heavy atom. The fourth-order valence-corrected chi connectivity index (χ4v) is 2.44. The number of benzene rings is 2. The first-order valence-corrected chi connectivity index (χ1v) is 7.77. The number of carbonyl (C=O) groups is 1. The van der Waals surface area contributed by atoms with Crippen LogP contribution in [0.2, 0.25) is 0 Å². The number of rotatable bonds is 5. The third-order valence-corrected chi connectivity index (χ3v) is 3.73. The number of aryl methyl sites for hydroxylation is 2. The lowest BCUT2D eigenvalue weighted by Crippen LogP contribution is -2.13. The van der Waals surface area contributed by atoms with Crippen LogP contribution in [0.25, 0.3) is 0 Å². The van der Waals surface area contributed by atoms with Gasteiger partial charge in [0.15, 0.2) is 5.76 Å². The lowest BCUT2D eigenvalue weighted by molar-refractivity contribution is 0.0992. The van der Waals surface area contributed by atoms with Crippen molar-refractivity contribution in [1.82, 2.24) is 0 Å².